The number of rotatable bonds is 2. The molecule has 0 saturated carbocycles. The average Bonchev–Trinajstić information content (AvgIpc) is 2.99. The number of amides is 1. The first kappa shape index (κ1) is 22.6. The van der Waals surface area contributed by atoms with Crippen LogP contribution in [-0.4, -0.2) is 87.0 Å². The summed E-state index contributed by atoms with van der Waals surface area (Å²) in [6, 6.07) is 3.57. The van der Waals surface area contributed by atoms with E-state index in [1.165, 1.54) is 0 Å². The summed E-state index contributed by atoms with van der Waals surface area (Å²) in [5.41, 5.74) is 1.42. The van der Waals surface area contributed by atoms with E-state index in [1.807, 2.05) is 18.2 Å². The number of aliphatic hydroxyl groups excluding tert-OH is 1. The van der Waals surface area contributed by atoms with Gasteiger partial charge in [-0.3, -0.25) is 4.79 Å². The molecule has 0 aromatic heterocycles. The molecule has 1 amide bonds. The summed E-state index contributed by atoms with van der Waals surface area (Å²) in [5.74, 6) is 1.05. The van der Waals surface area contributed by atoms with Crippen LogP contribution in [0.15, 0.2) is 24.3 Å². The molecule has 0 radical (unpaired) electrons. The SMILES string of the molecule is COc1cc2cc(c1OC)C/C=C\C(O)CCN1CCCN(CCCNC2=O)CC1. The number of nitrogens with one attached hydrogen (secondary N) is 1. The highest BCUT2D eigenvalue weighted by molar-refractivity contribution is 5.95. The third-order valence-corrected chi connectivity index (χ3v) is 5.87. The summed E-state index contributed by atoms with van der Waals surface area (Å²) < 4.78 is 11.0. The molecule has 3 rings (SSSR count). The second kappa shape index (κ2) is 11.3. The first-order chi connectivity index (χ1) is 14.6. The number of hydrogen-bond donors (Lipinski definition) is 2. The van der Waals surface area contributed by atoms with Crippen LogP contribution in [0, 0.1) is 0 Å². The van der Waals surface area contributed by atoms with Crippen molar-refractivity contribution in [3.05, 3.63) is 35.4 Å². The van der Waals surface area contributed by atoms with E-state index in [2.05, 4.69) is 15.1 Å². The van der Waals surface area contributed by atoms with Gasteiger partial charge in [0.2, 0.25) is 0 Å². The molecule has 1 saturated heterocycles. The maximum atomic E-state index is 12.7. The van der Waals surface area contributed by atoms with Gasteiger partial charge in [0.1, 0.15) is 0 Å². The van der Waals surface area contributed by atoms with Gasteiger partial charge >= 0.3 is 0 Å². The monoisotopic (exact) mass is 417 g/mol. The Morgan fingerprint density at radius 2 is 1.73 bits per heavy atom. The molecule has 1 fully saturated rings. The van der Waals surface area contributed by atoms with Crippen molar-refractivity contribution >= 4 is 5.91 Å². The highest BCUT2D eigenvalue weighted by Crippen LogP contribution is 2.33. The number of allylic oxidation sites excluding steroid dienone is 1. The molecule has 7 nitrogen and oxygen atoms in total. The zero-order valence-electron chi connectivity index (χ0n) is 18.2. The van der Waals surface area contributed by atoms with Crippen LogP contribution < -0.4 is 14.8 Å². The van der Waals surface area contributed by atoms with Gasteiger partial charge in [0.25, 0.3) is 5.91 Å². The van der Waals surface area contributed by atoms with E-state index in [9.17, 15) is 9.90 Å². The molecule has 1 aromatic rings. The van der Waals surface area contributed by atoms with Crippen LogP contribution >= 0.6 is 0 Å². The molecule has 1 aromatic carbocycles. The smallest absolute Gasteiger partial charge is 0.251 e. The summed E-state index contributed by atoms with van der Waals surface area (Å²) in [6.45, 7) is 6.77. The topological polar surface area (TPSA) is 74.3 Å². The standard InChI is InChI=1S/C23H35N3O4/c1-29-21-17-19-16-18(22(21)30-2)6-3-7-20(27)8-13-26-12-5-11-25(14-15-26)10-4-9-24-23(19)28/h3,7,16-17,20,27H,4-6,8-15H2,1-2H3,(H,24,28)/b7-3-. The highest BCUT2D eigenvalue weighted by atomic mass is 16.5. The number of carbonyl (C=O) groups is 1. The normalized spacial score (nSPS) is 27.3. The van der Waals surface area contributed by atoms with Crippen LogP contribution in [0.5, 0.6) is 11.5 Å². The predicted molar refractivity (Wildman–Crippen MR) is 117 cm³/mol. The first-order valence-corrected chi connectivity index (χ1v) is 10.9. The van der Waals surface area contributed by atoms with Crippen molar-refractivity contribution in [2.24, 2.45) is 0 Å². The van der Waals surface area contributed by atoms with Crippen LogP contribution in [0.25, 0.3) is 0 Å². The lowest BCUT2D eigenvalue weighted by Gasteiger charge is -2.22. The third kappa shape index (κ3) is 6.20. The molecule has 2 N–H and O–H groups in total. The Balaban J connectivity index is 1.81. The van der Waals surface area contributed by atoms with Crippen molar-refractivity contribution in [2.75, 3.05) is 60.0 Å². The Morgan fingerprint density at radius 3 is 2.47 bits per heavy atom. The molecule has 2 aliphatic rings. The Hall–Kier alpha value is -2.09. The van der Waals surface area contributed by atoms with Crippen molar-refractivity contribution in [3.63, 3.8) is 0 Å². The molecule has 3 atom stereocenters. The zero-order valence-corrected chi connectivity index (χ0v) is 18.2. The van der Waals surface area contributed by atoms with Gasteiger partial charge in [-0.25, -0.2) is 0 Å². The Morgan fingerprint density at radius 1 is 1.00 bits per heavy atom. The molecule has 4 bridgehead atoms. The number of nitrogens with zero attached hydrogens (tertiary/aromatic N) is 2. The van der Waals surface area contributed by atoms with Gasteiger partial charge in [-0.1, -0.05) is 12.2 Å². The largest absolute Gasteiger partial charge is 0.493 e. The van der Waals surface area contributed by atoms with E-state index in [-0.39, 0.29) is 5.91 Å². The van der Waals surface area contributed by atoms with E-state index >= 15 is 0 Å². The molecular weight excluding hydrogens is 382 g/mol. The van der Waals surface area contributed by atoms with Crippen LogP contribution in [-0.2, 0) is 6.42 Å². The zero-order chi connectivity index (χ0) is 21.3. The maximum Gasteiger partial charge on any atom is 0.251 e. The fourth-order valence-electron chi connectivity index (χ4n) is 4.17. The second-order valence-corrected chi connectivity index (χ2v) is 8.01. The molecular formula is C23H35N3O4. The number of aliphatic hydroxyl groups is 1. The fraction of sp³-hybridized carbons (Fsp3) is 0.609. The van der Waals surface area contributed by atoms with E-state index in [1.54, 1.807) is 20.3 Å². The number of fused-ring (bicyclic) bond motifs is 5. The molecule has 0 aliphatic carbocycles. The Labute approximate surface area is 179 Å². The van der Waals surface area contributed by atoms with Crippen molar-refractivity contribution in [1.29, 1.82) is 0 Å². The summed E-state index contributed by atoms with van der Waals surface area (Å²) in [4.78, 5) is 17.6. The van der Waals surface area contributed by atoms with E-state index < -0.39 is 6.10 Å². The highest BCUT2D eigenvalue weighted by Gasteiger charge is 2.18. The van der Waals surface area contributed by atoms with Crippen molar-refractivity contribution in [1.82, 2.24) is 15.1 Å². The van der Waals surface area contributed by atoms with Gasteiger partial charge in [0.05, 0.1) is 20.3 Å². The van der Waals surface area contributed by atoms with Gasteiger partial charge in [0.15, 0.2) is 11.5 Å². The van der Waals surface area contributed by atoms with Gasteiger partial charge in [-0.05, 0) is 57.5 Å². The van der Waals surface area contributed by atoms with Crippen molar-refractivity contribution < 1.29 is 19.4 Å². The summed E-state index contributed by atoms with van der Waals surface area (Å²) in [5, 5.41) is 13.4. The maximum absolute atomic E-state index is 12.7. The number of hydrogen-bond acceptors (Lipinski definition) is 6. The summed E-state index contributed by atoms with van der Waals surface area (Å²) >= 11 is 0. The predicted octanol–water partition coefficient (Wildman–Crippen LogP) is 1.69. The Bertz CT molecular complexity index is 737. The van der Waals surface area contributed by atoms with E-state index in [0.29, 0.717) is 30.0 Å². The number of carbonyl (C=O) groups excluding carboxylic acids is 1. The third-order valence-electron chi connectivity index (χ3n) is 5.87. The minimum atomic E-state index is -0.484. The average molecular weight is 418 g/mol. The summed E-state index contributed by atoms with van der Waals surface area (Å²) in [6.07, 6.45) is 6.64. The molecule has 0 spiro atoms. The van der Waals surface area contributed by atoms with Crippen LogP contribution in [0.3, 0.4) is 0 Å². The minimum Gasteiger partial charge on any atom is -0.493 e. The lowest BCUT2D eigenvalue weighted by atomic mass is 10.0. The number of methoxy groups -OCH3 is 2. The molecule has 30 heavy (non-hydrogen) atoms. The lowest BCUT2D eigenvalue weighted by molar-refractivity contribution is 0.0951. The van der Waals surface area contributed by atoms with E-state index in [4.69, 9.17) is 9.47 Å². The fourth-order valence-corrected chi connectivity index (χ4v) is 4.17. The van der Waals surface area contributed by atoms with Crippen LogP contribution in [0.4, 0.5) is 0 Å². The second-order valence-electron chi connectivity index (χ2n) is 8.01. The molecule has 2 aliphatic heterocycles. The minimum absolute atomic E-state index is 0.107. The summed E-state index contributed by atoms with van der Waals surface area (Å²) in [7, 11) is 3.17. The van der Waals surface area contributed by atoms with Crippen molar-refractivity contribution in [3.8, 4) is 11.5 Å². The Kier molecular flexibility index (Phi) is 8.54. The van der Waals surface area contributed by atoms with Gasteiger partial charge in [-0.15, -0.1) is 0 Å². The number of benzene rings is 1. The first-order valence-electron chi connectivity index (χ1n) is 10.9. The molecule has 166 valence electrons. The van der Waals surface area contributed by atoms with Crippen molar-refractivity contribution in [2.45, 2.75) is 31.8 Å². The lowest BCUT2D eigenvalue weighted by Crippen LogP contribution is -2.34. The van der Waals surface area contributed by atoms with E-state index in [0.717, 1.165) is 64.1 Å². The number of ether oxygens (including phenoxy) is 2. The molecule has 2 heterocycles. The molecule has 3 unspecified atom stereocenters. The van der Waals surface area contributed by atoms with Gasteiger partial charge < -0.3 is 29.7 Å². The van der Waals surface area contributed by atoms with Gasteiger partial charge in [-0.2, -0.15) is 0 Å². The van der Waals surface area contributed by atoms with Crippen LogP contribution in [0.2, 0.25) is 0 Å². The molecule has 7 heteroatoms. The quantitative estimate of drug-likeness (QED) is 0.714. The van der Waals surface area contributed by atoms with Gasteiger partial charge in [0, 0.05) is 37.3 Å². The van der Waals surface area contributed by atoms with Crippen LogP contribution in [0.1, 0.15) is 35.2 Å².